The quantitative estimate of drug-likeness (QED) is 0.330. The molecule has 1 aromatic heterocycles. The summed E-state index contributed by atoms with van der Waals surface area (Å²) < 4.78 is 5.44. The molecule has 0 spiro atoms. The van der Waals surface area contributed by atoms with E-state index in [4.69, 9.17) is 16.3 Å². The molecule has 1 amide bonds. The molecule has 29 heavy (non-hydrogen) atoms. The van der Waals surface area contributed by atoms with Crippen LogP contribution in [0.2, 0.25) is 5.02 Å². The number of nitrogens with one attached hydrogen (secondary N) is 1. The highest BCUT2D eigenvalue weighted by Crippen LogP contribution is 2.28. The minimum atomic E-state index is -1.21. The van der Waals surface area contributed by atoms with E-state index in [2.05, 4.69) is 5.32 Å². The minimum Gasteiger partial charge on any atom is -0.447 e. The number of benzene rings is 2. The third-order valence-corrected chi connectivity index (χ3v) is 4.98. The largest absolute Gasteiger partial charge is 0.447 e. The smallest absolute Gasteiger partial charge is 0.311 e. The van der Waals surface area contributed by atoms with Crippen molar-refractivity contribution in [2.24, 2.45) is 0 Å². The summed E-state index contributed by atoms with van der Waals surface area (Å²) in [5.41, 5.74) is 1.10. The van der Waals surface area contributed by atoms with Crippen molar-refractivity contribution in [2.45, 2.75) is 12.5 Å². The van der Waals surface area contributed by atoms with Crippen molar-refractivity contribution in [3.63, 3.8) is 0 Å². The molecular formula is C20H15ClN2O5S. The summed E-state index contributed by atoms with van der Waals surface area (Å²) in [7, 11) is 0. The first-order valence-corrected chi connectivity index (χ1v) is 9.76. The van der Waals surface area contributed by atoms with Crippen LogP contribution >= 0.6 is 22.9 Å². The number of carbonyl (C=O) groups excluding carboxylic acids is 2. The van der Waals surface area contributed by atoms with Gasteiger partial charge in [-0.3, -0.25) is 19.7 Å². The van der Waals surface area contributed by atoms with Crippen LogP contribution in [0.3, 0.4) is 0 Å². The highest BCUT2D eigenvalue weighted by molar-refractivity contribution is 7.08. The topological polar surface area (TPSA) is 98.5 Å². The molecule has 0 bridgehead atoms. The van der Waals surface area contributed by atoms with Gasteiger partial charge in [-0.05, 0) is 34.5 Å². The molecule has 0 aliphatic rings. The molecule has 0 aliphatic heterocycles. The molecule has 148 valence electrons. The van der Waals surface area contributed by atoms with Crippen LogP contribution in [0, 0.1) is 10.1 Å². The lowest BCUT2D eigenvalue weighted by Crippen LogP contribution is -2.26. The molecule has 9 heteroatoms. The average Bonchev–Trinajstić information content (AvgIpc) is 3.21. The number of rotatable bonds is 7. The molecule has 0 radical (unpaired) electrons. The molecule has 2 aromatic carbocycles. The fraction of sp³-hybridized carbons (Fsp3) is 0.100. The van der Waals surface area contributed by atoms with Gasteiger partial charge in [-0.2, -0.15) is 11.3 Å². The van der Waals surface area contributed by atoms with Crippen LogP contribution in [0.4, 0.5) is 11.4 Å². The van der Waals surface area contributed by atoms with Gasteiger partial charge >= 0.3 is 5.97 Å². The van der Waals surface area contributed by atoms with E-state index in [0.29, 0.717) is 5.56 Å². The maximum Gasteiger partial charge on any atom is 0.311 e. The second-order valence-electron chi connectivity index (χ2n) is 6.00. The van der Waals surface area contributed by atoms with Crippen molar-refractivity contribution < 1.29 is 19.2 Å². The molecule has 0 fully saturated rings. The number of hydrogen-bond acceptors (Lipinski definition) is 6. The maximum atomic E-state index is 12.8. The van der Waals surface area contributed by atoms with Crippen molar-refractivity contribution in [1.29, 1.82) is 0 Å². The highest BCUT2D eigenvalue weighted by atomic mass is 35.5. The number of ether oxygens (including phenoxy) is 1. The summed E-state index contributed by atoms with van der Waals surface area (Å²) in [4.78, 5) is 35.6. The number of nitrogens with zero attached hydrogens (tertiary/aromatic N) is 1. The summed E-state index contributed by atoms with van der Waals surface area (Å²) in [6.45, 7) is 0. The van der Waals surface area contributed by atoms with Crippen molar-refractivity contribution in [3.8, 4) is 0 Å². The first kappa shape index (κ1) is 20.5. The van der Waals surface area contributed by atoms with Crippen molar-refractivity contribution in [2.75, 3.05) is 5.32 Å². The SMILES string of the molecule is O=C(Cc1ccsc1)OC(C(=O)Nc1ccc(Cl)c([N+](=O)[O-])c1)c1ccccc1. The Hall–Kier alpha value is -3.23. The molecule has 7 nitrogen and oxygen atoms in total. The fourth-order valence-electron chi connectivity index (χ4n) is 2.57. The zero-order chi connectivity index (χ0) is 20.8. The van der Waals surface area contributed by atoms with E-state index in [9.17, 15) is 19.7 Å². The standard InChI is InChI=1S/C20H15ClN2O5S/c21-16-7-6-15(11-17(16)23(26)27)22-20(25)19(14-4-2-1-3-5-14)28-18(24)10-13-8-9-29-12-13/h1-9,11-12,19H,10H2,(H,22,25). The normalized spacial score (nSPS) is 11.5. The second-order valence-corrected chi connectivity index (χ2v) is 7.19. The summed E-state index contributed by atoms with van der Waals surface area (Å²) >= 11 is 7.26. The van der Waals surface area contributed by atoms with E-state index < -0.39 is 22.9 Å². The predicted octanol–water partition coefficient (Wildman–Crippen LogP) is 4.78. The van der Waals surface area contributed by atoms with Gasteiger partial charge < -0.3 is 10.1 Å². The van der Waals surface area contributed by atoms with E-state index in [0.717, 1.165) is 11.6 Å². The van der Waals surface area contributed by atoms with Crippen molar-refractivity contribution in [1.82, 2.24) is 0 Å². The van der Waals surface area contributed by atoms with Gasteiger partial charge in [-0.1, -0.05) is 41.9 Å². The second kappa shape index (κ2) is 9.31. The minimum absolute atomic E-state index is 0.0343. The van der Waals surface area contributed by atoms with Gasteiger partial charge in [0.2, 0.25) is 6.10 Å². The van der Waals surface area contributed by atoms with Gasteiger partial charge in [0.25, 0.3) is 11.6 Å². The Balaban J connectivity index is 1.80. The zero-order valence-corrected chi connectivity index (χ0v) is 16.5. The Morgan fingerprint density at radius 1 is 1.17 bits per heavy atom. The number of esters is 1. The molecule has 0 saturated heterocycles. The lowest BCUT2D eigenvalue weighted by Gasteiger charge is -2.18. The summed E-state index contributed by atoms with van der Waals surface area (Å²) in [5, 5.41) is 17.2. The van der Waals surface area contributed by atoms with Gasteiger partial charge in [0.05, 0.1) is 11.3 Å². The van der Waals surface area contributed by atoms with Crippen LogP contribution in [-0.2, 0) is 20.7 Å². The average molecular weight is 431 g/mol. The summed E-state index contributed by atoms with van der Waals surface area (Å²) in [6.07, 6.45) is -1.18. The first-order chi connectivity index (χ1) is 13.9. The predicted molar refractivity (Wildman–Crippen MR) is 110 cm³/mol. The van der Waals surface area contributed by atoms with Crippen LogP contribution in [0.1, 0.15) is 17.2 Å². The van der Waals surface area contributed by atoms with E-state index >= 15 is 0 Å². The zero-order valence-electron chi connectivity index (χ0n) is 14.9. The molecule has 0 saturated carbocycles. The molecule has 1 atom stereocenters. The first-order valence-electron chi connectivity index (χ1n) is 8.44. The molecule has 3 aromatic rings. The fourth-order valence-corrected chi connectivity index (χ4v) is 3.43. The van der Waals surface area contributed by atoms with Gasteiger partial charge in [0, 0.05) is 17.3 Å². The van der Waals surface area contributed by atoms with Gasteiger partial charge in [-0.15, -0.1) is 0 Å². The number of nitro groups is 1. The lowest BCUT2D eigenvalue weighted by atomic mass is 10.1. The summed E-state index contributed by atoms with van der Waals surface area (Å²) in [5.74, 6) is -1.19. The number of hydrogen-bond donors (Lipinski definition) is 1. The summed E-state index contributed by atoms with van der Waals surface area (Å²) in [6, 6.07) is 14.2. The van der Waals surface area contributed by atoms with E-state index in [1.165, 1.54) is 23.5 Å². The van der Waals surface area contributed by atoms with E-state index in [1.54, 1.807) is 36.4 Å². The Bertz CT molecular complexity index is 1020. The van der Waals surface area contributed by atoms with E-state index in [-0.39, 0.29) is 22.8 Å². The van der Waals surface area contributed by atoms with Crippen LogP contribution in [0.25, 0.3) is 0 Å². The van der Waals surface area contributed by atoms with Crippen LogP contribution in [0.5, 0.6) is 0 Å². The van der Waals surface area contributed by atoms with Gasteiger partial charge in [0.15, 0.2) is 0 Å². The third-order valence-electron chi connectivity index (χ3n) is 3.93. The van der Waals surface area contributed by atoms with Gasteiger partial charge in [0.1, 0.15) is 5.02 Å². The monoisotopic (exact) mass is 430 g/mol. The van der Waals surface area contributed by atoms with E-state index in [1.807, 2.05) is 10.8 Å². The molecule has 1 N–H and O–H groups in total. The number of amides is 1. The Kier molecular flexibility index (Phi) is 6.58. The van der Waals surface area contributed by atoms with Crippen LogP contribution in [0.15, 0.2) is 65.4 Å². The number of anilines is 1. The van der Waals surface area contributed by atoms with Gasteiger partial charge in [-0.25, -0.2) is 0 Å². The number of halogens is 1. The Labute approximate surface area is 175 Å². The van der Waals surface area contributed by atoms with Crippen molar-refractivity contribution >= 4 is 46.2 Å². The highest BCUT2D eigenvalue weighted by Gasteiger charge is 2.26. The maximum absolute atomic E-state index is 12.8. The molecule has 1 heterocycles. The number of nitro benzene ring substituents is 1. The molecule has 1 unspecified atom stereocenters. The molecular weight excluding hydrogens is 416 g/mol. The molecule has 0 aliphatic carbocycles. The number of thiophene rings is 1. The van der Waals surface area contributed by atoms with Crippen LogP contribution < -0.4 is 5.32 Å². The third kappa shape index (κ3) is 5.40. The number of carbonyl (C=O) groups is 2. The van der Waals surface area contributed by atoms with Crippen molar-refractivity contribution in [3.05, 3.63) is 91.6 Å². The Morgan fingerprint density at radius 2 is 1.93 bits per heavy atom. The molecule has 3 rings (SSSR count). The lowest BCUT2D eigenvalue weighted by molar-refractivity contribution is -0.384. The Morgan fingerprint density at radius 3 is 2.59 bits per heavy atom. The van der Waals surface area contributed by atoms with Crippen LogP contribution in [-0.4, -0.2) is 16.8 Å².